The van der Waals surface area contributed by atoms with Gasteiger partial charge in [-0.2, -0.15) is 4.31 Å². The number of nitrogens with one attached hydrogen (secondary N) is 1. The first kappa shape index (κ1) is 12.1. The second-order valence-corrected chi connectivity index (χ2v) is 5.81. The van der Waals surface area contributed by atoms with Crippen molar-refractivity contribution in [2.75, 3.05) is 19.6 Å². The molecule has 5 nitrogen and oxygen atoms in total. The number of sulfonamides is 1. The second-order valence-electron chi connectivity index (χ2n) is 3.87. The van der Waals surface area contributed by atoms with Gasteiger partial charge in [-0.1, -0.05) is 12.1 Å². The molecule has 17 heavy (non-hydrogen) atoms. The zero-order chi connectivity index (χ0) is 12.3. The average Bonchev–Trinajstić information content (AvgIpc) is 3.14. The van der Waals surface area contributed by atoms with E-state index in [0.29, 0.717) is 37.4 Å². The molecule has 1 aliphatic rings. The molecule has 1 saturated heterocycles. The number of rotatable bonds is 6. The smallest absolute Gasteiger partial charge is 0.243 e. The molecule has 0 saturated carbocycles. The van der Waals surface area contributed by atoms with Crippen LogP contribution in [0, 0.1) is 0 Å². The Hall–Kier alpha value is -1.40. The molecule has 0 aromatic heterocycles. The summed E-state index contributed by atoms with van der Waals surface area (Å²) in [4.78, 5) is 10.4. The summed E-state index contributed by atoms with van der Waals surface area (Å²) in [6, 6.07) is 6.79. The van der Waals surface area contributed by atoms with E-state index in [1.807, 2.05) is 0 Å². The Bertz CT molecular complexity index is 492. The quantitative estimate of drug-likeness (QED) is 0.441. The SMILES string of the molecule is O=CNCCc1ccc(S(=O)(=O)N2CC2)cc1. The van der Waals surface area contributed by atoms with Gasteiger partial charge in [0.05, 0.1) is 4.90 Å². The van der Waals surface area contributed by atoms with Gasteiger partial charge < -0.3 is 5.32 Å². The maximum atomic E-state index is 11.8. The third-order valence-corrected chi connectivity index (χ3v) is 4.52. The van der Waals surface area contributed by atoms with Gasteiger partial charge in [-0.15, -0.1) is 0 Å². The molecule has 1 N–H and O–H groups in total. The van der Waals surface area contributed by atoms with Gasteiger partial charge in [-0.25, -0.2) is 8.42 Å². The summed E-state index contributed by atoms with van der Waals surface area (Å²) in [6.07, 6.45) is 1.35. The van der Waals surface area contributed by atoms with Gasteiger partial charge in [0, 0.05) is 19.6 Å². The average molecular weight is 254 g/mol. The summed E-state index contributed by atoms with van der Waals surface area (Å²) >= 11 is 0. The lowest BCUT2D eigenvalue weighted by Crippen LogP contribution is -2.14. The number of nitrogens with zero attached hydrogens (tertiary/aromatic N) is 1. The number of amides is 1. The van der Waals surface area contributed by atoms with Crippen molar-refractivity contribution in [1.82, 2.24) is 9.62 Å². The van der Waals surface area contributed by atoms with Crippen molar-refractivity contribution in [2.24, 2.45) is 0 Å². The van der Waals surface area contributed by atoms with E-state index in [4.69, 9.17) is 0 Å². The fourth-order valence-corrected chi connectivity index (χ4v) is 2.87. The molecule has 1 aromatic carbocycles. The zero-order valence-electron chi connectivity index (χ0n) is 9.30. The first-order chi connectivity index (χ1) is 8.14. The van der Waals surface area contributed by atoms with Crippen molar-refractivity contribution >= 4 is 16.4 Å². The van der Waals surface area contributed by atoms with E-state index in [0.717, 1.165) is 5.56 Å². The highest BCUT2D eigenvalue weighted by atomic mass is 32.2. The van der Waals surface area contributed by atoms with E-state index in [9.17, 15) is 13.2 Å². The van der Waals surface area contributed by atoms with Gasteiger partial charge in [0.1, 0.15) is 0 Å². The maximum Gasteiger partial charge on any atom is 0.243 e. The van der Waals surface area contributed by atoms with Crippen LogP contribution in [0.15, 0.2) is 29.2 Å². The molecule has 1 fully saturated rings. The molecule has 0 aliphatic carbocycles. The lowest BCUT2D eigenvalue weighted by Gasteiger charge is -2.05. The minimum absolute atomic E-state index is 0.335. The molecule has 0 spiro atoms. The van der Waals surface area contributed by atoms with E-state index >= 15 is 0 Å². The lowest BCUT2D eigenvalue weighted by molar-refractivity contribution is -0.109. The molecular weight excluding hydrogens is 240 g/mol. The number of hydrogen-bond donors (Lipinski definition) is 1. The summed E-state index contributed by atoms with van der Waals surface area (Å²) in [6.45, 7) is 1.79. The Balaban J connectivity index is 2.05. The molecule has 1 heterocycles. The van der Waals surface area contributed by atoms with Crippen LogP contribution in [0.1, 0.15) is 5.56 Å². The van der Waals surface area contributed by atoms with Gasteiger partial charge >= 0.3 is 0 Å². The summed E-state index contributed by atoms with van der Waals surface area (Å²) in [7, 11) is -3.25. The van der Waals surface area contributed by atoms with Crippen molar-refractivity contribution in [2.45, 2.75) is 11.3 Å². The molecule has 1 aromatic rings. The van der Waals surface area contributed by atoms with Crippen LogP contribution in [0.5, 0.6) is 0 Å². The van der Waals surface area contributed by atoms with Gasteiger partial charge in [0.2, 0.25) is 16.4 Å². The molecule has 2 rings (SSSR count). The molecule has 0 bridgehead atoms. The van der Waals surface area contributed by atoms with Gasteiger partial charge in [0.25, 0.3) is 0 Å². The van der Waals surface area contributed by atoms with Crippen LogP contribution in [-0.2, 0) is 21.2 Å². The standard InChI is InChI=1S/C11H14N2O3S/c14-9-12-6-5-10-1-3-11(4-2-10)17(15,16)13-7-8-13/h1-4,9H,5-8H2,(H,12,14). The second kappa shape index (κ2) is 4.85. The Morgan fingerprint density at radius 2 is 1.88 bits per heavy atom. The molecule has 0 atom stereocenters. The maximum absolute atomic E-state index is 11.8. The van der Waals surface area contributed by atoms with Crippen LogP contribution in [0.4, 0.5) is 0 Å². The summed E-state index contributed by atoms with van der Waals surface area (Å²) < 4.78 is 25.1. The van der Waals surface area contributed by atoms with Crippen molar-refractivity contribution in [1.29, 1.82) is 0 Å². The molecule has 92 valence electrons. The van der Waals surface area contributed by atoms with Crippen molar-refractivity contribution in [3.8, 4) is 0 Å². The Morgan fingerprint density at radius 3 is 2.41 bits per heavy atom. The number of carbonyl (C=O) groups is 1. The summed E-state index contributed by atoms with van der Waals surface area (Å²) in [5, 5.41) is 2.56. The monoisotopic (exact) mass is 254 g/mol. The van der Waals surface area contributed by atoms with Crippen LogP contribution in [0.25, 0.3) is 0 Å². The Morgan fingerprint density at radius 1 is 1.24 bits per heavy atom. The van der Waals surface area contributed by atoms with Crippen molar-refractivity contribution in [3.05, 3.63) is 29.8 Å². The minimum atomic E-state index is -3.25. The van der Waals surface area contributed by atoms with Crippen LogP contribution >= 0.6 is 0 Å². The Labute approximate surface area is 100 Å². The van der Waals surface area contributed by atoms with Crippen molar-refractivity contribution < 1.29 is 13.2 Å². The highest BCUT2D eigenvalue weighted by molar-refractivity contribution is 7.89. The highest BCUT2D eigenvalue weighted by Gasteiger charge is 2.32. The first-order valence-electron chi connectivity index (χ1n) is 5.41. The van der Waals surface area contributed by atoms with E-state index in [1.165, 1.54) is 4.31 Å². The largest absolute Gasteiger partial charge is 0.358 e. The third kappa shape index (κ3) is 2.83. The summed E-state index contributed by atoms with van der Waals surface area (Å²) in [5.41, 5.74) is 1.00. The number of hydrogen-bond acceptors (Lipinski definition) is 3. The molecule has 0 unspecified atom stereocenters. The Kier molecular flexibility index (Phi) is 3.44. The minimum Gasteiger partial charge on any atom is -0.358 e. The van der Waals surface area contributed by atoms with Gasteiger partial charge in [-0.05, 0) is 24.1 Å². The van der Waals surface area contributed by atoms with Gasteiger partial charge in [0.15, 0.2) is 0 Å². The normalized spacial score (nSPS) is 15.5. The molecule has 6 heteroatoms. The predicted molar refractivity (Wildman–Crippen MR) is 63.0 cm³/mol. The fourth-order valence-electron chi connectivity index (χ4n) is 1.53. The molecule has 1 amide bonds. The fraction of sp³-hybridized carbons (Fsp3) is 0.364. The summed E-state index contributed by atoms with van der Waals surface area (Å²) in [5.74, 6) is 0. The predicted octanol–water partition coefficient (Wildman–Crippen LogP) is -0.0206. The van der Waals surface area contributed by atoms with Crippen LogP contribution in [0.2, 0.25) is 0 Å². The van der Waals surface area contributed by atoms with E-state index in [-0.39, 0.29) is 0 Å². The third-order valence-electron chi connectivity index (χ3n) is 2.61. The van der Waals surface area contributed by atoms with E-state index in [1.54, 1.807) is 24.3 Å². The van der Waals surface area contributed by atoms with Gasteiger partial charge in [-0.3, -0.25) is 4.79 Å². The lowest BCUT2D eigenvalue weighted by atomic mass is 10.1. The number of carbonyl (C=O) groups excluding carboxylic acids is 1. The highest BCUT2D eigenvalue weighted by Crippen LogP contribution is 2.21. The van der Waals surface area contributed by atoms with Crippen LogP contribution in [0.3, 0.4) is 0 Å². The first-order valence-corrected chi connectivity index (χ1v) is 6.85. The molecule has 1 aliphatic heterocycles. The van der Waals surface area contributed by atoms with E-state index < -0.39 is 10.0 Å². The van der Waals surface area contributed by atoms with E-state index in [2.05, 4.69) is 5.32 Å². The molecular formula is C11H14N2O3S. The van der Waals surface area contributed by atoms with Crippen LogP contribution < -0.4 is 5.32 Å². The van der Waals surface area contributed by atoms with Crippen LogP contribution in [-0.4, -0.2) is 38.8 Å². The van der Waals surface area contributed by atoms with Crippen molar-refractivity contribution in [3.63, 3.8) is 0 Å². The zero-order valence-corrected chi connectivity index (χ0v) is 10.1. The number of benzene rings is 1. The molecule has 0 radical (unpaired) electrons. The topological polar surface area (TPSA) is 66.2 Å².